The molecule has 0 amide bonds. The Bertz CT molecular complexity index is 315. The van der Waals surface area contributed by atoms with Crippen LogP contribution in [-0.2, 0) is 4.74 Å². The molecule has 87 valence electrons. The Morgan fingerprint density at radius 2 is 1.94 bits per heavy atom. The van der Waals surface area contributed by atoms with Crippen molar-refractivity contribution in [2.24, 2.45) is 0 Å². The summed E-state index contributed by atoms with van der Waals surface area (Å²) in [6.07, 6.45) is 6.13. The highest BCUT2D eigenvalue weighted by Gasteiger charge is 2.37. The van der Waals surface area contributed by atoms with Crippen LogP contribution in [0, 0.1) is 6.42 Å². The molecule has 1 fully saturated rings. The molecule has 1 radical (unpaired) electrons. The Hall–Kier alpha value is -0.603. The lowest BCUT2D eigenvalue weighted by Crippen LogP contribution is -2.48. The summed E-state index contributed by atoms with van der Waals surface area (Å²) in [7, 11) is -0.835. The van der Waals surface area contributed by atoms with Gasteiger partial charge in [-0.15, -0.1) is 0 Å². The van der Waals surface area contributed by atoms with Crippen LogP contribution in [0.25, 0.3) is 0 Å². The summed E-state index contributed by atoms with van der Waals surface area (Å²) in [5.41, 5.74) is 1.31. The maximum atomic E-state index is 6.14. The Balaban J connectivity index is 2.14. The number of benzene rings is 1. The van der Waals surface area contributed by atoms with Gasteiger partial charge in [-0.3, -0.25) is 0 Å². The quantitative estimate of drug-likeness (QED) is 0.729. The van der Waals surface area contributed by atoms with Crippen LogP contribution < -0.4 is 0 Å². The Kier molecular flexibility index (Phi) is 3.82. The zero-order valence-electron chi connectivity index (χ0n) is 10.3. The first-order valence-corrected chi connectivity index (χ1v) is 9.16. The molecule has 1 aromatic rings. The van der Waals surface area contributed by atoms with Gasteiger partial charge in [0.1, 0.15) is 0 Å². The van der Waals surface area contributed by atoms with Crippen molar-refractivity contribution in [2.45, 2.75) is 37.6 Å². The van der Waals surface area contributed by atoms with E-state index in [0.717, 1.165) is 6.61 Å². The van der Waals surface area contributed by atoms with Gasteiger partial charge in [0.25, 0.3) is 0 Å². The van der Waals surface area contributed by atoms with Gasteiger partial charge in [0.05, 0.1) is 14.0 Å². The van der Waals surface area contributed by atoms with Crippen LogP contribution in [-0.4, -0.2) is 20.6 Å². The van der Waals surface area contributed by atoms with E-state index < -0.39 is 8.80 Å². The van der Waals surface area contributed by atoms with Crippen LogP contribution in [0.4, 0.5) is 0 Å². The van der Waals surface area contributed by atoms with Crippen LogP contribution in [0.15, 0.2) is 30.3 Å². The van der Waals surface area contributed by atoms with E-state index in [1.807, 2.05) is 0 Å². The van der Waals surface area contributed by atoms with Gasteiger partial charge in [-0.05, 0) is 24.8 Å². The minimum atomic E-state index is -0.835. The van der Waals surface area contributed by atoms with E-state index in [-0.39, 0.29) is 5.22 Å². The predicted molar refractivity (Wildman–Crippen MR) is 71.3 cm³/mol. The SMILES string of the molecule is C[SiH](C)C1([CH]c2ccccc2)CCCCO1. The lowest BCUT2D eigenvalue weighted by atomic mass is 10.0. The van der Waals surface area contributed by atoms with E-state index in [4.69, 9.17) is 4.74 Å². The average Bonchev–Trinajstić information content (AvgIpc) is 2.31. The molecular formula is C14H21OSi. The number of ether oxygens (including phenoxy) is 1. The van der Waals surface area contributed by atoms with Crippen LogP contribution in [0.5, 0.6) is 0 Å². The van der Waals surface area contributed by atoms with E-state index >= 15 is 0 Å². The first-order chi connectivity index (χ1) is 7.73. The molecule has 0 aliphatic carbocycles. The fourth-order valence-electron chi connectivity index (χ4n) is 2.40. The maximum Gasteiger partial charge on any atom is 0.0703 e. The molecule has 0 spiro atoms. The third-order valence-corrected chi connectivity index (χ3v) is 6.10. The molecule has 1 heterocycles. The van der Waals surface area contributed by atoms with Crippen molar-refractivity contribution in [1.82, 2.24) is 0 Å². The van der Waals surface area contributed by atoms with Crippen molar-refractivity contribution >= 4 is 8.80 Å². The summed E-state index contributed by atoms with van der Waals surface area (Å²) >= 11 is 0. The molecule has 1 unspecified atom stereocenters. The molecule has 0 aromatic heterocycles. The van der Waals surface area contributed by atoms with Crippen molar-refractivity contribution in [3.63, 3.8) is 0 Å². The van der Waals surface area contributed by atoms with E-state index in [1.165, 1.54) is 24.8 Å². The van der Waals surface area contributed by atoms with E-state index in [0.29, 0.717) is 0 Å². The third-order valence-electron chi connectivity index (χ3n) is 3.52. The van der Waals surface area contributed by atoms with Crippen molar-refractivity contribution in [2.75, 3.05) is 6.61 Å². The van der Waals surface area contributed by atoms with Crippen molar-refractivity contribution in [3.8, 4) is 0 Å². The minimum absolute atomic E-state index is 0.0968. The summed E-state index contributed by atoms with van der Waals surface area (Å²) in [4.78, 5) is 0. The second kappa shape index (κ2) is 5.15. The van der Waals surface area contributed by atoms with E-state index in [9.17, 15) is 0 Å². The molecule has 1 aromatic carbocycles. The van der Waals surface area contributed by atoms with Gasteiger partial charge in [-0.2, -0.15) is 0 Å². The van der Waals surface area contributed by atoms with Crippen molar-refractivity contribution in [3.05, 3.63) is 42.3 Å². The van der Waals surface area contributed by atoms with Gasteiger partial charge in [-0.25, -0.2) is 0 Å². The van der Waals surface area contributed by atoms with Gasteiger partial charge in [0, 0.05) is 13.0 Å². The van der Waals surface area contributed by atoms with Crippen molar-refractivity contribution < 1.29 is 4.74 Å². The lowest BCUT2D eigenvalue weighted by molar-refractivity contribution is 0.00172. The number of rotatable bonds is 3. The predicted octanol–water partition coefficient (Wildman–Crippen LogP) is 3.20. The largest absolute Gasteiger partial charge is 0.378 e. The lowest BCUT2D eigenvalue weighted by Gasteiger charge is -2.40. The fraction of sp³-hybridized carbons (Fsp3) is 0.500. The maximum absolute atomic E-state index is 6.14. The Labute approximate surface area is 100 Å². The first kappa shape index (κ1) is 11.9. The van der Waals surface area contributed by atoms with Crippen molar-refractivity contribution in [1.29, 1.82) is 0 Å². The van der Waals surface area contributed by atoms with Gasteiger partial charge < -0.3 is 4.74 Å². The summed E-state index contributed by atoms with van der Waals surface area (Å²) < 4.78 is 6.14. The molecule has 0 bridgehead atoms. The van der Waals surface area contributed by atoms with Crippen LogP contribution in [0.3, 0.4) is 0 Å². The molecule has 1 aliphatic rings. The normalized spacial score (nSPS) is 25.9. The Morgan fingerprint density at radius 1 is 1.19 bits per heavy atom. The van der Waals surface area contributed by atoms with Gasteiger partial charge in [0.15, 0.2) is 0 Å². The van der Waals surface area contributed by atoms with Crippen LogP contribution in [0.1, 0.15) is 24.8 Å². The molecule has 2 rings (SSSR count). The summed E-state index contributed by atoms with van der Waals surface area (Å²) in [6.45, 7) is 5.73. The topological polar surface area (TPSA) is 9.23 Å². The molecular weight excluding hydrogens is 212 g/mol. The number of hydrogen-bond donors (Lipinski definition) is 0. The zero-order valence-corrected chi connectivity index (χ0v) is 11.4. The summed E-state index contributed by atoms with van der Waals surface area (Å²) in [5, 5.41) is 0.0968. The molecule has 0 saturated carbocycles. The molecule has 1 saturated heterocycles. The standard InChI is InChI=1S/C14H21OSi/c1-16(2)14(10-6-7-11-15-14)12-13-8-4-3-5-9-13/h3-5,8-9,12,16H,6-7,10-11H2,1-2H3. The summed E-state index contributed by atoms with van der Waals surface area (Å²) in [5.74, 6) is 0. The molecule has 2 heteroatoms. The Morgan fingerprint density at radius 3 is 2.50 bits per heavy atom. The zero-order chi connectivity index (χ0) is 11.4. The van der Waals surface area contributed by atoms with Crippen LogP contribution in [0.2, 0.25) is 13.1 Å². The smallest absolute Gasteiger partial charge is 0.0703 e. The van der Waals surface area contributed by atoms with Gasteiger partial charge >= 0.3 is 0 Å². The summed E-state index contributed by atoms with van der Waals surface area (Å²) in [6, 6.07) is 10.6. The van der Waals surface area contributed by atoms with Crippen LogP contribution >= 0.6 is 0 Å². The highest BCUT2D eigenvalue weighted by molar-refractivity contribution is 6.59. The second-order valence-electron chi connectivity index (χ2n) is 4.97. The molecule has 1 atom stereocenters. The van der Waals surface area contributed by atoms with Gasteiger partial charge in [0.2, 0.25) is 0 Å². The average molecular weight is 233 g/mol. The minimum Gasteiger partial charge on any atom is -0.378 e. The molecule has 1 nitrogen and oxygen atoms in total. The van der Waals surface area contributed by atoms with E-state index in [2.05, 4.69) is 49.8 Å². The molecule has 1 aliphatic heterocycles. The first-order valence-electron chi connectivity index (χ1n) is 6.28. The molecule has 0 N–H and O–H groups in total. The second-order valence-corrected chi connectivity index (χ2v) is 8.26. The fourth-order valence-corrected chi connectivity index (χ4v) is 4.16. The highest BCUT2D eigenvalue weighted by Crippen LogP contribution is 2.32. The molecule has 16 heavy (non-hydrogen) atoms. The van der Waals surface area contributed by atoms with E-state index in [1.54, 1.807) is 0 Å². The number of hydrogen-bond acceptors (Lipinski definition) is 1. The van der Waals surface area contributed by atoms with Gasteiger partial charge in [-0.1, -0.05) is 43.4 Å². The monoisotopic (exact) mass is 233 g/mol. The highest BCUT2D eigenvalue weighted by atomic mass is 28.3. The third kappa shape index (κ3) is 2.55.